The van der Waals surface area contributed by atoms with Gasteiger partial charge in [-0.15, -0.1) is 10.2 Å². The average molecular weight is 474 g/mol. The number of carbonyl (C=O) groups excluding carboxylic acids is 2. The number of nitrogens with one attached hydrogen (secondary N) is 2. The van der Waals surface area contributed by atoms with Crippen molar-refractivity contribution in [1.29, 1.82) is 0 Å². The second kappa shape index (κ2) is 8.88. The predicted molar refractivity (Wildman–Crippen MR) is 115 cm³/mol. The Balaban J connectivity index is 1.65. The number of carbonyl (C=O) groups is 2. The van der Waals surface area contributed by atoms with Gasteiger partial charge in [-0.3, -0.25) is 10.00 Å². The van der Waals surface area contributed by atoms with E-state index in [2.05, 4.69) is 30.9 Å². The maximum absolute atomic E-state index is 13.1. The molecule has 0 spiro atoms. The zero-order valence-corrected chi connectivity index (χ0v) is 18.4. The van der Waals surface area contributed by atoms with Crippen LogP contribution in [-0.4, -0.2) is 75.1 Å². The Morgan fingerprint density at radius 1 is 1.15 bits per heavy atom. The van der Waals surface area contributed by atoms with Gasteiger partial charge >= 0.3 is 12.0 Å². The first kappa shape index (κ1) is 22.8. The normalized spacial score (nSPS) is 14.2. The molecule has 0 bridgehead atoms. The number of ether oxygens (including phenoxy) is 2. The zero-order chi connectivity index (χ0) is 24.5. The van der Waals surface area contributed by atoms with E-state index in [1.165, 1.54) is 20.3 Å². The molecule has 1 aliphatic heterocycles. The van der Waals surface area contributed by atoms with Crippen molar-refractivity contribution in [3.8, 4) is 17.1 Å². The number of aryl methyl sites for hydroxylation is 1. The number of hydrogen-bond acceptors (Lipinski definition) is 9. The van der Waals surface area contributed by atoms with Crippen LogP contribution < -0.4 is 15.4 Å². The van der Waals surface area contributed by atoms with Crippen molar-refractivity contribution in [3.63, 3.8) is 0 Å². The van der Waals surface area contributed by atoms with Gasteiger partial charge in [0.15, 0.2) is 23.1 Å². The smallest absolute Gasteiger partial charge is 0.360 e. The summed E-state index contributed by atoms with van der Waals surface area (Å²) in [5, 5.41) is 17.3. The van der Waals surface area contributed by atoms with Gasteiger partial charge in [0.2, 0.25) is 0 Å². The van der Waals surface area contributed by atoms with Crippen molar-refractivity contribution in [2.75, 3.05) is 37.9 Å². The molecule has 2 N–H and O–H groups in total. The molecule has 1 saturated heterocycles. The lowest BCUT2D eigenvalue weighted by atomic mass is 10.1. The van der Waals surface area contributed by atoms with Crippen molar-refractivity contribution in [2.45, 2.75) is 5.92 Å². The van der Waals surface area contributed by atoms with Gasteiger partial charge in [-0.05, 0) is 12.1 Å². The molecule has 2 amide bonds. The summed E-state index contributed by atoms with van der Waals surface area (Å²) < 4.78 is 38.0. The standard InChI is InChI=1S/C20H20F2N8O4/c1-29-10-23-17(28-29)11-5-4-6-12(16(11)33-2)24-13-7-14(26-27-15(13)18(31)34-3)25-19(32)30-8-20(21,22)9-30/h4-7,10H,8-9H2,1-3H3,(H2,24,25,26,32). The van der Waals surface area contributed by atoms with Crippen molar-refractivity contribution >= 4 is 29.2 Å². The van der Waals surface area contributed by atoms with Crippen LogP contribution in [0.2, 0.25) is 0 Å². The summed E-state index contributed by atoms with van der Waals surface area (Å²) >= 11 is 0. The fourth-order valence-electron chi connectivity index (χ4n) is 3.28. The second-order valence-corrected chi connectivity index (χ2v) is 7.38. The highest BCUT2D eigenvalue weighted by Gasteiger charge is 2.46. The number of anilines is 3. The zero-order valence-electron chi connectivity index (χ0n) is 18.4. The summed E-state index contributed by atoms with van der Waals surface area (Å²) in [7, 11) is 4.38. The van der Waals surface area contributed by atoms with Crippen molar-refractivity contribution in [1.82, 2.24) is 29.9 Å². The first-order valence-electron chi connectivity index (χ1n) is 9.90. The highest BCUT2D eigenvalue weighted by Crippen LogP contribution is 2.37. The Bertz CT molecular complexity index is 1240. The third kappa shape index (κ3) is 4.55. The quantitative estimate of drug-likeness (QED) is 0.516. The molecule has 4 rings (SSSR count). The van der Waals surface area contributed by atoms with Crippen LogP contribution >= 0.6 is 0 Å². The Morgan fingerprint density at radius 2 is 1.91 bits per heavy atom. The molecule has 12 nitrogen and oxygen atoms in total. The van der Waals surface area contributed by atoms with Crippen LogP contribution in [0.3, 0.4) is 0 Å². The van der Waals surface area contributed by atoms with E-state index >= 15 is 0 Å². The lowest BCUT2D eigenvalue weighted by Gasteiger charge is -2.38. The van der Waals surface area contributed by atoms with Crippen LogP contribution in [0.15, 0.2) is 30.6 Å². The van der Waals surface area contributed by atoms with Crippen molar-refractivity contribution in [3.05, 3.63) is 36.3 Å². The number of esters is 1. The van der Waals surface area contributed by atoms with E-state index in [1.807, 2.05) is 0 Å². The summed E-state index contributed by atoms with van der Waals surface area (Å²) in [6.45, 7) is -1.38. The number of likely N-dealkylation sites (tertiary alicyclic amines) is 1. The Labute approximate surface area is 191 Å². The fraction of sp³-hybridized carbons (Fsp3) is 0.300. The lowest BCUT2D eigenvalue weighted by Crippen LogP contribution is -2.59. The number of rotatable bonds is 6. The summed E-state index contributed by atoms with van der Waals surface area (Å²) in [6, 6.07) is 5.75. The lowest BCUT2D eigenvalue weighted by molar-refractivity contribution is -0.107. The highest BCUT2D eigenvalue weighted by molar-refractivity contribution is 5.96. The average Bonchev–Trinajstić information content (AvgIpc) is 3.23. The van der Waals surface area contributed by atoms with E-state index in [-0.39, 0.29) is 17.2 Å². The minimum Gasteiger partial charge on any atom is -0.494 e. The molecule has 0 unspecified atom stereocenters. The maximum Gasteiger partial charge on any atom is 0.360 e. The molecule has 2 aromatic heterocycles. The van der Waals surface area contributed by atoms with Gasteiger partial charge < -0.3 is 19.7 Å². The number of methoxy groups -OCH3 is 2. The fourth-order valence-corrected chi connectivity index (χ4v) is 3.28. The number of halogens is 2. The van der Waals surface area contributed by atoms with Crippen LogP contribution in [0.1, 0.15) is 10.5 Å². The molecule has 0 atom stereocenters. The molecule has 3 heterocycles. The monoisotopic (exact) mass is 474 g/mol. The van der Waals surface area contributed by atoms with E-state index in [0.29, 0.717) is 22.8 Å². The minimum absolute atomic E-state index is 0.0584. The molecular formula is C20H20F2N8O4. The molecule has 0 radical (unpaired) electrons. The van der Waals surface area contributed by atoms with Crippen LogP contribution in [0.5, 0.6) is 5.75 Å². The van der Waals surface area contributed by atoms with E-state index in [1.54, 1.807) is 36.3 Å². The first-order valence-corrected chi connectivity index (χ1v) is 9.90. The summed E-state index contributed by atoms with van der Waals surface area (Å²) in [4.78, 5) is 29.6. The predicted octanol–water partition coefficient (Wildman–Crippen LogP) is 2.29. The number of urea groups is 1. The van der Waals surface area contributed by atoms with E-state index < -0.39 is 31.0 Å². The first-order chi connectivity index (χ1) is 16.2. The van der Waals surface area contributed by atoms with Gasteiger partial charge in [-0.1, -0.05) is 6.07 Å². The van der Waals surface area contributed by atoms with Gasteiger partial charge in [0, 0.05) is 13.1 Å². The van der Waals surface area contributed by atoms with Gasteiger partial charge in [0.25, 0.3) is 5.92 Å². The third-order valence-corrected chi connectivity index (χ3v) is 4.87. The topological polar surface area (TPSA) is 136 Å². The van der Waals surface area contributed by atoms with E-state index in [9.17, 15) is 18.4 Å². The van der Waals surface area contributed by atoms with Crippen molar-refractivity contribution in [2.24, 2.45) is 7.05 Å². The molecule has 178 valence electrons. The van der Waals surface area contributed by atoms with E-state index in [0.717, 1.165) is 4.90 Å². The molecule has 3 aromatic rings. The number of nitrogens with zero attached hydrogens (tertiary/aromatic N) is 6. The number of aromatic nitrogens is 5. The van der Waals surface area contributed by atoms with Crippen LogP contribution in [0.4, 0.5) is 30.8 Å². The number of benzene rings is 1. The van der Waals surface area contributed by atoms with Gasteiger partial charge in [-0.25, -0.2) is 23.4 Å². The summed E-state index contributed by atoms with van der Waals surface area (Å²) in [5.74, 6) is -2.94. The Hall–Kier alpha value is -4.36. The molecule has 1 fully saturated rings. The number of para-hydroxylation sites is 1. The Kier molecular flexibility index (Phi) is 5.96. The minimum atomic E-state index is -2.91. The molecule has 0 aliphatic carbocycles. The van der Waals surface area contributed by atoms with Crippen LogP contribution in [0, 0.1) is 0 Å². The largest absolute Gasteiger partial charge is 0.494 e. The molecule has 1 aliphatic rings. The summed E-state index contributed by atoms with van der Waals surface area (Å²) in [5.41, 5.74) is 0.988. The van der Waals surface area contributed by atoms with Crippen LogP contribution in [0.25, 0.3) is 11.4 Å². The van der Waals surface area contributed by atoms with E-state index in [4.69, 9.17) is 9.47 Å². The molecule has 14 heteroatoms. The maximum atomic E-state index is 13.1. The number of hydrogen-bond donors (Lipinski definition) is 2. The molecular weight excluding hydrogens is 454 g/mol. The van der Waals surface area contributed by atoms with Gasteiger partial charge in [0.1, 0.15) is 6.33 Å². The number of alkyl halides is 2. The highest BCUT2D eigenvalue weighted by atomic mass is 19.3. The SMILES string of the molecule is COC(=O)c1nnc(NC(=O)N2CC(F)(F)C2)cc1Nc1cccc(-c2ncn(C)n2)c1OC. The van der Waals surface area contributed by atoms with Gasteiger partial charge in [0.05, 0.1) is 44.2 Å². The number of amides is 2. The Morgan fingerprint density at radius 3 is 2.53 bits per heavy atom. The molecule has 1 aromatic carbocycles. The second-order valence-electron chi connectivity index (χ2n) is 7.38. The molecule has 0 saturated carbocycles. The van der Waals surface area contributed by atoms with Crippen molar-refractivity contribution < 1.29 is 27.8 Å². The van der Waals surface area contributed by atoms with Gasteiger partial charge in [-0.2, -0.15) is 5.10 Å². The summed E-state index contributed by atoms with van der Waals surface area (Å²) in [6.07, 6.45) is 1.54. The van der Waals surface area contributed by atoms with Crippen LogP contribution in [-0.2, 0) is 11.8 Å². The molecule has 34 heavy (non-hydrogen) atoms. The third-order valence-electron chi connectivity index (χ3n) is 4.87.